The molecule has 0 bridgehead atoms. The number of unbranched alkanes of at least 4 members (excludes halogenated alkanes) is 11. The molecular formula is C34H47N2O3S+. The maximum Gasteiger partial charge on any atom is 0.255 e. The molecule has 6 heteroatoms. The van der Waals surface area contributed by atoms with Crippen LogP contribution in [0, 0.1) is 6.92 Å². The van der Waals surface area contributed by atoms with Gasteiger partial charge in [0.15, 0.2) is 23.8 Å². The van der Waals surface area contributed by atoms with Crippen molar-refractivity contribution in [2.45, 2.75) is 104 Å². The fourth-order valence-electron chi connectivity index (χ4n) is 4.90. The first-order chi connectivity index (χ1) is 19.5. The predicted molar refractivity (Wildman–Crippen MR) is 166 cm³/mol. The topological polar surface area (TPSA) is 59.3 Å². The van der Waals surface area contributed by atoms with E-state index in [0.717, 1.165) is 18.4 Å². The van der Waals surface area contributed by atoms with Gasteiger partial charge in [0, 0.05) is 18.1 Å². The average molecular weight is 564 g/mol. The number of rotatable bonds is 19. The van der Waals surface area contributed by atoms with Gasteiger partial charge in [-0.1, -0.05) is 107 Å². The highest BCUT2D eigenvalue weighted by Crippen LogP contribution is 2.30. The van der Waals surface area contributed by atoms with Gasteiger partial charge in [0.05, 0.1) is 23.2 Å². The van der Waals surface area contributed by atoms with E-state index >= 15 is 0 Å². The number of hydrogen-bond acceptors (Lipinski definition) is 4. The van der Waals surface area contributed by atoms with E-state index < -0.39 is 0 Å². The van der Waals surface area contributed by atoms with Crippen molar-refractivity contribution in [3.8, 4) is 5.75 Å². The molecule has 0 radical (unpaired) electrons. The average Bonchev–Trinajstić information content (AvgIpc) is 3.35. The number of nitrogens with one attached hydrogen (secondary N) is 1. The Balaban J connectivity index is 1.49. The summed E-state index contributed by atoms with van der Waals surface area (Å²) < 4.78 is 8.29. The third-order valence-electron chi connectivity index (χ3n) is 7.31. The van der Waals surface area contributed by atoms with Gasteiger partial charge >= 0.3 is 0 Å². The van der Waals surface area contributed by atoms with E-state index in [1.807, 2.05) is 24.3 Å². The van der Waals surface area contributed by atoms with E-state index in [1.165, 1.54) is 76.8 Å². The summed E-state index contributed by atoms with van der Waals surface area (Å²) in [4.78, 5) is 25.5. The predicted octanol–water partition coefficient (Wildman–Crippen LogP) is 8.93. The van der Waals surface area contributed by atoms with Crippen LogP contribution in [0.3, 0.4) is 0 Å². The van der Waals surface area contributed by atoms with Gasteiger partial charge in [0.1, 0.15) is 0 Å². The number of anilines is 1. The van der Waals surface area contributed by atoms with Crippen LogP contribution in [0.4, 0.5) is 5.69 Å². The van der Waals surface area contributed by atoms with E-state index in [0.29, 0.717) is 35.7 Å². The van der Waals surface area contributed by atoms with Crippen molar-refractivity contribution in [1.29, 1.82) is 0 Å². The number of ether oxygens (including phenoxy) is 1. The molecule has 0 aliphatic carbocycles. The number of ketones is 1. The highest BCUT2D eigenvalue weighted by molar-refractivity contribution is 7.07. The van der Waals surface area contributed by atoms with Crippen LogP contribution < -0.4 is 14.6 Å². The Kier molecular flexibility index (Phi) is 13.9. The van der Waals surface area contributed by atoms with Gasteiger partial charge in [-0.05, 0) is 37.6 Å². The van der Waals surface area contributed by atoms with E-state index in [9.17, 15) is 9.59 Å². The first kappa shape index (κ1) is 31.5. The van der Waals surface area contributed by atoms with Crippen LogP contribution in [0.15, 0.2) is 53.4 Å². The van der Waals surface area contributed by atoms with Crippen molar-refractivity contribution in [2.24, 2.45) is 0 Å². The summed E-state index contributed by atoms with van der Waals surface area (Å²) >= 11 is 1.66. The zero-order valence-corrected chi connectivity index (χ0v) is 25.5. The molecule has 3 rings (SSSR count). The van der Waals surface area contributed by atoms with Crippen LogP contribution >= 0.6 is 11.3 Å². The van der Waals surface area contributed by atoms with Gasteiger partial charge in [-0.15, -0.1) is 0 Å². The summed E-state index contributed by atoms with van der Waals surface area (Å²) in [5, 5.41) is 5.10. The zero-order chi connectivity index (χ0) is 28.6. The van der Waals surface area contributed by atoms with E-state index in [1.54, 1.807) is 29.5 Å². The molecule has 40 heavy (non-hydrogen) atoms. The summed E-state index contributed by atoms with van der Waals surface area (Å²) in [5.74, 6) is 0.169. The first-order valence-corrected chi connectivity index (χ1v) is 16.0. The fraction of sp³-hybridized carbons (Fsp3) is 0.500. The number of aryl methyl sites for hydroxylation is 1. The number of hydrogen-bond donors (Lipinski definition) is 1. The largest absolute Gasteiger partial charge is 0.491 e. The summed E-state index contributed by atoms with van der Waals surface area (Å²) in [7, 11) is 0. The maximum atomic E-state index is 13.2. The molecule has 0 unspecified atom stereocenters. The zero-order valence-electron chi connectivity index (χ0n) is 24.7. The first-order valence-electron chi connectivity index (χ1n) is 15.1. The Morgan fingerprint density at radius 2 is 1.52 bits per heavy atom. The lowest BCUT2D eigenvalue weighted by atomic mass is 10.1. The summed E-state index contributed by atoms with van der Waals surface area (Å²) in [6.07, 6.45) is 15.3. The number of carbonyl (C=O) groups excluding carboxylic acids is 2. The van der Waals surface area contributed by atoms with Crippen molar-refractivity contribution in [1.82, 2.24) is 0 Å². The lowest BCUT2D eigenvalue weighted by Gasteiger charge is -2.16. The Bertz CT molecular complexity index is 1200. The minimum absolute atomic E-state index is 0.0778. The van der Waals surface area contributed by atoms with Crippen molar-refractivity contribution < 1.29 is 18.9 Å². The molecular weight excluding hydrogens is 516 g/mol. The van der Waals surface area contributed by atoms with Crippen LogP contribution in [0.2, 0.25) is 0 Å². The Morgan fingerprint density at radius 1 is 0.875 bits per heavy atom. The molecule has 0 aliphatic heterocycles. The SMILES string of the molecule is CCCCCCCCCCCCCCOc1c(NC(=O)c2cccc(C[n+]3cscc3C)c2)cccc1C(C)=O. The van der Waals surface area contributed by atoms with Crippen molar-refractivity contribution >= 4 is 28.7 Å². The number of carbonyl (C=O) groups is 2. The van der Waals surface area contributed by atoms with Gasteiger partial charge in [0.25, 0.3) is 5.91 Å². The van der Waals surface area contributed by atoms with Gasteiger partial charge in [0.2, 0.25) is 5.51 Å². The molecule has 1 aromatic heterocycles. The second-order valence-electron chi connectivity index (χ2n) is 10.8. The van der Waals surface area contributed by atoms with Crippen LogP contribution in [0.25, 0.3) is 0 Å². The van der Waals surface area contributed by atoms with Crippen molar-refractivity contribution in [3.05, 3.63) is 75.7 Å². The third kappa shape index (κ3) is 10.5. The molecule has 1 N–H and O–H groups in total. The highest BCUT2D eigenvalue weighted by Gasteiger charge is 2.17. The lowest BCUT2D eigenvalue weighted by Crippen LogP contribution is -2.34. The Morgan fingerprint density at radius 3 is 2.15 bits per heavy atom. The highest BCUT2D eigenvalue weighted by atomic mass is 32.1. The number of aromatic nitrogens is 1. The quantitative estimate of drug-likeness (QED) is 0.0900. The molecule has 216 valence electrons. The van der Waals surface area contributed by atoms with E-state index in [-0.39, 0.29) is 11.7 Å². The minimum Gasteiger partial charge on any atom is -0.491 e. The standard InChI is InChI=1S/C34H46N2O3S/c1-4-5-6-7-8-9-10-11-12-13-14-15-22-39-33-31(28(3)37)20-17-21-32(33)35-34(38)30-19-16-18-29(23-30)24-36-26-40-25-27(36)2/h16-21,23,25-26H,4-15,22,24H2,1-3H3/p+1. The van der Waals surface area contributed by atoms with Crippen molar-refractivity contribution in [3.63, 3.8) is 0 Å². The molecule has 0 fully saturated rings. The Labute approximate surface area is 245 Å². The number of benzene rings is 2. The van der Waals surface area contributed by atoms with Crippen LogP contribution in [-0.2, 0) is 6.54 Å². The molecule has 0 spiro atoms. The van der Waals surface area contributed by atoms with Crippen molar-refractivity contribution in [2.75, 3.05) is 11.9 Å². The normalized spacial score (nSPS) is 11.0. The number of nitrogens with zero attached hydrogens (tertiary/aromatic N) is 1. The number of amides is 1. The second kappa shape index (κ2) is 17.6. The van der Waals surface area contributed by atoms with Crippen LogP contribution in [-0.4, -0.2) is 18.3 Å². The summed E-state index contributed by atoms with van der Waals surface area (Å²) in [6, 6.07) is 13.0. The molecule has 1 amide bonds. The van der Waals surface area contributed by atoms with Gasteiger partial charge in [-0.3, -0.25) is 9.59 Å². The second-order valence-corrected chi connectivity index (χ2v) is 11.5. The molecule has 1 heterocycles. The van der Waals surface area contributed by atoms with Crippen LogP contribution in [0.1, 0.15) is 123 Å². The monoisotopic (exact) mass is 563 g/mol. The minimum atomic E-state index is -0.218. The van der Waals surface area contributed by atoms with E-state index in [2.05, 4.69) is 34.6 Å². The molecule has 5 nitrogen and oxygen atoms in total. The molecule has 0 aliphatic rings. The van der Waals surface area contributed by atoms with Gasteiger partial charge in [-0.25, -0.2) is 0 Å². The van der Waals surface area contributed by atoms with Gasteiger partial charge < -0.3 is 10.1 Å². The fourth-order valence-corrected chi connectivity index (χ4v) is 5.68. The summed E-state index contributed by atoms with van der Waals surface area (Å²) in [6.45, 7) is 7.11. The summed E-state index contributed by atoms with van der Waals surface area (Å²) in [5.41, 5.74) is 5.93. The molecule has 0 atom stereocenters. The number of para-hydroxylation sites is 1. The lowest BCUT2D eigenvalue weighted by molar-refractivity contribution is -0.689. The van der Waals surface area contributed by atoms with Crippen LogP contribution in [0.5, 0.6) is 5.75 Å². The third-order valence-corrected chi connectivity index (χ3v) is 8.16. The Hall–Kier alpha value is -2.99. The van der Waals surface area contributed by atoms with E-state index in [4.69, 9.17) is 4.74 Å². The molecule has 3 aromatic rings. The molecule has 0 saturated carbocycles. The number of Topliss-reactive ketones (excluding diaryl/α,β-unsaturated/α-hetero) is 1. The molecule has 2 aromatic carbocycles. The number of thiazole rings is 1. The maximum absolute atomic E-state index is 13.2. The van der Waals surface area contributed by atoms with Gasteiger partial charge in [-0.2, -0.15) is 4.57 Å². The molecule has 0 saturated heterocycles. The smallest absolute Gasteiger partial charge is 0.255 e.